The number of pyridine rings is 1. The molecule has 1 unspecified atom stereocenters. The summed E-state index contributed by atoms with van der Waals surface area (Å²) in [5, 5.41) is 22.6. The largest absolute Gasteiger partial charge is 0.487 e. The van der Waals surface area contributed by atoms with Crippen molar-refractivity contribution in [2.75, 3.05) is 11.9 Å². The Morgan fingerprint density at radius 1 is 1.19 bits per heavy atom. The predicted molar refractivity (Wildman–Crippen MR) is 121 cm³/mol. The van der Waals surface area contributed by atoms with Crippen LogP contribution >= 0.6 is 0 Å². The average Bonchev–Trinajstić information content (AvgIpc) is 3.20. The van der Waals surface area contributed by atoms with Crippen molar-refractivity contribution in [1.82, 2.24) is 29.4 Å². The van der Waals surface area contributed by atoms with E-state index < -0.39 is 6.10 Å². The molecule has 0 amide bonds. The van der Waals surface area contributed by atoms with E-state index in [-0.39, 0.29) is 12.0 Å². The molecule has 0 aromatic carbocycles. The molecule has 2 N–H and O–H groups in total. The predicted octanol–water partition coefficient (Wildman–Crippen LogP) is 3.43. The van der Waals surface area contributed by atoms with Crippen LogP contribution < -0.4 is 10.1 Å². The maximum atomic E-state index is 10.4. The van der Waals surface area contributed by atoms with Gasteiger partial charge in [-0.15, -0.1) is 0 Å². The first kappa shape index (κ1) is 20.4. The van der Waals surface area contributed by atoms with Crippen LogP contribution in [-0.2, 0) is 7.05 Å². The smallest absolute Gasteiger partial charge is 0.165 e. The van der Waals surface area contributed by atoms with E-state index in [2.05, 4.69) is 32.4 Å². The van der Waals surface area contributed by atoms with Gasteiger partial charge in [0.2, 0.25) is 0 Å². The Morgan fingerprint density at radius 3 is 2.75 bits per heavy atom. The zero-order valence-electron chi connectivity index (χ0n) is 18.7. The number of fused-ring (bicyclic) bond motifs is 1. The summed E-state index contributed by atoms with van der Waals surface area (Å²) in [4.78, 5) is 8.72. The lowest BCUT2D eigenvalue weighted by atomic mass is 10.0. The van der Waals surface area contributed by atoms with Gasteiger partial charge in [0.15, 0.2) is 11.6 Å². The zero-order chi connectivity index (χ0) is 22.5. The summed E-state index contributed by atoms with van der Waals surface area (Å²) < 4.78 is 9.57. The molecule has 0 spiro atoms. The lowest BCUT2D eigenvalue weighted by molar-refractivity contribution is 0.0528. The van der Waals surface area contributed by atoms with Crippen molar-refractivity contribution in [3.8, 4) is 17.0 Å². The number of aliphatic hydroxyl groups is 1. The molecule has 0 saturated heterocycles. The van der Waals surface area contributed by atoms with Gasteiger partial charge in [-0.3, -0.25) is 4.68 Å². The van der Waals surface area contributed by atoms with E-state index in [0.29, 0.717) is 23.2 Å². The Balaban J connectivity index is 1.40. The normalized spacial score (nSPS) is 15.7. The summed E-state index contributed by atoms with van der Waals surface area (Å²) in [6.07, 6.45) is 5.21. The van der Waals surface area contributed by atoms with Gasteiger partial charge in [0.25, 0.3) is 0 Å². The van der Waals surface area contributed by atoms with Gasteiger partial charge < -0.3 is 15.2 Å². The first-order valence-corrected chi connectivity index (χ1v) is 10.7. The van der Waals surface area contributed by atoms with E-state index in [9.17, 15) is 5.11 Å². The number of nitrogens with zero attached hydrogens (tertiary/aromatic N) is 6. The number of ether oxygens (including phenoxy) is 1. The Bertz CT molecular complexity index is 1270. The van der Waals surface area contributed by atoms with Gasteiger partial charge in [0.05, 0.1) is 17.8 Å². The minimum Gasteiger partial charge on any atom is -0.487 e. The minimum atomic E-state index is -0.476. The second-order valence-corrected chi connectivity index (χ2v) is 8.84. The Morgan fingerprint density at radius 2 is 2.00 bits per heavy atom. The number of anilines is 2. The number of hydrogen-bond donors (Lipinski definition) is 2. The molecule has 1 atom stereocenters. The zero-order valence-corrected chi connectivity index (χ0v) is 18.7. The number of aryl methyl sites for hydroxylation is 3. The van der Waals surface area contributed by atoms with Gasteiger partial charge in [-0.1, -0.05) is 6.92 Å². The molecule has 4 heterocycles. The molecule has 4 aromatic rings. The molecular weight excluding hydrogens is 406 g/mol. The summed E-state index contributed by atoms with van der Waals surface area (Å²) >= 11 is 0. The topological polar surface area (TPSA) is 102 Å². The minimum absolute atomic E-state index is 0.0109. The van der Waals surface area contributed by atoms with Crippen molar-refractivity contribution >= 4 is 17.2 Å². The molecule has 9 heteroatoms. The maximum absolute atomic E-state index is 10.4. The van der Waals surface area contributed by atoms with Crippen LogP contribution in [0.25, 0.3) is 16.8 Å². The summed E-state index contributed by atoms with van der Waals surface area (Å²) in [7, 11) is 1.88. The molecule has 1 saturated carbocycles. The molecule has 1 aliphatic rings. The number of rotatable bonds is 7. The highest BCUT2D eigenvalue weighted by atomic mass is 16.5. The van der Waals surface area contributed by atoms with E-state index in [0.717, 1.165) is 35.3 Å². The second-order valence-electron chi connectivity index (χ2n) is 8.84. The Kier molecular flexibility index (Phi) is 4.85. The number of hydrogen-bond acceptors (Lipinski definition) is 7. The molecule has 0 radical (unpaired) electrons. The van der Waals surface area contributed by atoms with Crippen LogP contribution in [0.5, 0.6) is 5.75 Å². The van der Waals surface area contributed by atoms with Gasteiger partial charge >= 0.3 is 0 Å². The molecule has 32 heavy (non-hydrogen) atoms. The van der Waals surface area contributed by atoms with E-state index >= 15 is 0 Å². The van der Waals surface area contributed by atoms with Gasteiger partial charge in [0.1, 0.15) is 23.9 Å². The third-order valence-corrected chi connectivity index (χ3v) is 6.10. The van der Waals surface area contributed by atoms with Crippen LogP contribution in [0, 0.1) is 19.3 Å². The quantitative estimate of drug-likeness (QED) is 0.460. The molecule has 0 bridgehead atoms. The molecule has 5 rings (SSSR count). The molecule has 1 fully saturated rings. The summed E-state index contributed by atoms with van der Waals surface area (Å²) in [6.45, 7) is 6.16. The van der Waals surface area contributed by atoms with Crippen molar-refractivity contribution in [3.05, 3.63) is 48.2 Å². The van der Waals surface area contributed by atoms with E-state index in [1.54, 1.807) is 15.4 Å². The third kappa shape index (κ3) is 3.91. The highest BCUT2D eigenvalue weighted by Gasteiger charge is 2.44. The molecule has 9 nitrogen and oxygen atoms in total. The van der Waals surface area contributed by atoms with Crippen molar-refractivity contribution in [2.24, 2.45) is 12.5 Å². The van der Waals surface area contributed by atoms with Crippen molar-refractivity contribution in [1.29, 1.82) is 0 Å². The van der Waals surface area contributed by atoms with Gasteiger partial charge in [-0.25, -0.2) is 14.5 Å². The molecule has 0 aliphatic heterocycles. The van der Waals surface area contributed by atoms with Crippen LogP contribution in [-0.4, -0.2) is 47.2 Å². The highest BCUT2D eigenvalue weighted by molar-refractivity contribution is 5.72. The van der Waals surface area contributed by atoms with Crippen LogP contribution in [0.3, 0.4) is 0 Å². The van der Waals surface area contributed by atoms with Gasteiger partial charge in [-0.2, -0.15) is 10.2 Å². The molecule has 1 aliphatic carbocycles. The SMILES string of the molecule is Cc1cc(Nc2cc3cc(-c4c(OCC(O)C5(C)CC5)cnn4C)ccn3n2)nc(C)n1. The summed E-state index contributed by atoms with van der Waals surface area (Å²) in [6, 6.07) is 7.87. The summed E-state index contributed by atoms with van der Waals surface area (Å²) in [5.41, 5.74) is 3.63. The monoisotopic (exact) mass is 433 g/mol. The maximum Gasteiger partial charge on any atom is 0.165 e. The lowest BCUT2D eigenvalue weighted by Gasteiger charge is -2.18. The molecule has 166 valence electrons. The van der Waals surface area contributed by atoms with E-state index in [4.69, 9.17) is 4.74 Å². The fourth-order valence-corrected chi connectivity index (χ4v) is 3.87. The van der Waals surface area contributed by atoms with Crippen LogP contribution in [0.2, 0.25) is 0 Å². The first-order chi connectivity index (χ1) is 15.3. The van der Waals surface area contributed by atoms with Gasteiger partial charge in [0, 0.05) is 36.6 Å². The number of aromatic nitrogens is 6. The first-order valence-electron chi connectivity index (χ1n) is 10.7. The standard InChI is InChI=1S/C23H27N7O2/c1-14-9-20(26-15(2)25-14)27-21-11-17-10-16(5-8-30(17)28-21)22-18(12-24-29(22)4)32-13-19(31)23(3)6-7-23/h5,8-12,19,31H,6-7,13H2,1-4H3,(H,25,26,27,28). The fraction of sp³-hybridized carbons (Fsp3) is 0.391. The van der Waals surface area contributed by atoms with Gasteiger partial charge in [-0.05, 0) is 44.2 Å². The Hall–Kier alpha value is -3.46. The van der Waals surface area contributed by atoms with E-state index in [1.807, 2.05) is 51.4 Å². The average molecular weight is 434 g/mol. The number of aliphatic hydroxyl groups excluding tert-OH is 1. The summed E-state index contributed by atoms with van der Waals surface area (Å²) in [5.74, 6) is 2.78. The molecular formula is C23H27N7O2. The fourth-order valence-electron chi connectivity index (χ4n) is 3.87. The third-order valence-electron chi connectivity index (χ3n) is 6.10. The Labute approximate surface area is 186 Å². The molecule has 4 aromatic heterocycles. The highest BCUT2D eigenvalue weighted by Crippen LogP contribution is 2.48. The number of nitrogens with one attached hydrogen (secondary N) is 1. The van der Waals surface area contributed by atoms with Crippen molar-refractivity contribution in [3.63, 3.8) is 0 Å². The second kappa shape index (κ2) is 7.59. The van der Waals surface area contributed by atoms with Crippen molar-refractivity contribution in [2.45, 2.75) is 39.7 Å². The van der Waals surface area contributed by atoms with Crippen LogP contribution in [0.4, 0.5) is 11.6 Å². The van der Waals surface area contributed by atoms with Crippen LogP contribution in [0.15, 0.2) is 36.7 Å². The lowest BCUT2D eigenvalue weighted by Crippen LogP contribution is -2.26. The van der Waals surface area contributed by atoms with Crippen molar-refractivity contribution < 1.29 is 9.84 Å². The van der Waals surface area contributed by atoms with E-state index in [1.165, 1.54) is 0 Å². The van der Waals surface area contributed by atoms with Crippen LogP contribution in [0.1, 0.15) is 31.3 Å².